The van der Waals surface area contributed by atoms with E-state index in [1.54, 1.807) is 0 Å². The average Bonchev–Trinajstić information content (AvgIpc) is 3.15. The number of nitrogens with zero attached hydrogens (tertiary/aromatic N) is 3. The van der Waals surface area contributed by atoms with Gasteiger partial charge in [-0.1, -0.05) is 19.8 Å². The highest BCUT2D eigenvalue weighted by molar-refractivity contribution is 5.35. The minimum Gasteiger partial charge on any atom is -0.341 e. The second kappa shape index (κ2) is 6.17. The van der Waals surface area contributed by atoms with Gasteiger partial charge < -0.3 is 14.8 Å². The van der Waals surface area contributed by atoms with Gasteiger partial charge in [-0.05, 0) is 39.2 Å². The molecule has 20 heavy (non-hydrogen) atoms. The molecule has 1 saturated heterocycles. The highest BCUT2D eigenvalue weighted by Gasteiger charge is 2.26. The van der Waals surface area contributed by atoms with Crippen molar-refractivity contribution in [1.82, 2.24) is 14.9 Å². The lowest BCUT2D eigenvalue weighted by molar-refractivity contribution is 0.432. The van der Waals surface area contributed by atoms with Gasteiger partial charge in [0.25, 0.3) is 0 Å². The fourth-order valence-corrected chi connectivity index (χ4v) is 3.68. The van der Waals surface area contributed by atoms with Gasteiger partial charge in [-0.2, -0.15) is 0 Å². The van der Waals surface area contributed by atoms with E-state index in [9.17, 15) is 0 Å². The standard InChI is InChI=1S/C16H28N4/c1-3-13-12-20(15-8-4-5-9-15)16(18-13)19-10-6-7-14(11-19)17-2/h12,14-15,17H,3-11H2,1-2H3. The van der Waals surface area contributed by atoms with Crippen molar-refractivity contribution in [2.45, 2.75) is 64.0 Å². The summed E-state index contributed by atoms with van der Waals surface area (Å²) in [6, 6.07) is 1.30. The Balaban J connectivity index is 1.84. The predicted molar refractivity (Wildman–Crippen MR) is 83.4 cm³/mol. The monoisotopic (exact) mass is 276 g/mol. The van der Waals surface area contributed by atoms with E-state index in [0.29, 0.717) is 12.1 Å². The molecule has 0 amide bonds. The Bertz CT molecular complexity index is 434. The molecular formula is C16H28N4. The first-order valence-electron chi connectivity index (χ1n) is 8.31. The number of hydrogen-bond donors (Lipinski definition) is 1. The maximum absolute atomic E-state index is 4.93. The lowest BCUT2D eigenvalue weighted by Gasteiger charge is -2.34. The van der Waals surface area contributed by atoms with Crippen LogP contribution in [0.5, 0.6) is 0 Å². The van der Waals surface area contributed by atoms with Crippen LogP contribution >= 0.6 is 0 Å². The van der Waals surface area contributed by atoms with E-state index >= 15 is 0 Å². The van der Waals surface area contributed by atoms with Gasteiger partial charge in [-0.3, -0.25) is 0 Å². The molecule has 1 unspecified atom stereocenters. The van der Waals surface area contributed by atoms with Crippen LogP contribution in [0.15, 0.2) is 6.20 Å². The topological polar surface area (TPSA) is 33.1 Å². The SMILES string of the molecule is CCc1cn(C2CCCC2)c(N2CCCC(NC)C2)n1. The zero-order valence-corrected chi connectivity index (χ0v) is 12.9. The number of piperidine rings is 1. The van der Waals surface area contributed by atoms with E-state index in [-0.39, 0.29) is 0 Å². The quantitative estimate of drug-likeness (QED) is 0.918. The van der Waals surface area contributed by atoms with Crippen molar-refractivity contribution in [1.29, 1.82) is 0 Å². The Kier molecular flexibility index (Phi) is 4.29. The van der Waals surface area contributed by atoms with E-state index < -0.39 is 0 Å². The third-order valence-corrected chi connectivity index (χ3v) is 4.96. The number of hydrogen-bond acceptors (Lipinski definition) is 3. The molecule has 3 rings (SSSR count). The summed E-state index contributed by atoms with van der Waals surface area (Å²) in [7, 11) is 2.08. The van der Waals surface area contributed by atoms with Gasteiger partial charge in [0.1, 0.15) is 0 Å². The number of aromatic nitrogens is 2. The summed E-state index contributed by atoms with van der Waals surface area (Å²) in [4.78, 5) is 7.43. The minimum atomic E-state index is 0.613. The zero-order chi connectivity index (χ0) is 13.9. The van der Waals surface area contributed by atoms with Crippen molar-refractivity contribution in [3.63, 3.8) is 0 Å². The summed E-state index contributed by atoms with van der Waals surface area (Å²) >= 11 is 0. The molecule has 4 heteroatoms. The number of aryl methyl sites for hydroxylation is 1. The first-order valence-corrected chi connectivity index (χ1v) is 8.31. The molecule has 4 nitrogen and oxygen atoms in total. The minimum absolute atomic E-state index is 0.613. The van der Waals surface area contributed by atoms with Gasteiger partial charge in [0, 0.05) is 31.4 Å². The molecule has 0 aromatic carbocycles. The Labute approximate surface area is 122 Å². The van der Waals surface area contributed by atoms with Crippen LogP contribution in [0.1, 0.15) is 57.2 Å². The van der Waals surface area contributed by atoms with Crippen molar-refractivity contribution >= 4 is 5.95 Å². The fraction of sp³-hybridized carbons (Fsp3) is 0.812. The number of rotatable bonds is 4. The normalized spacial score (nSPS) is 24.5. The van der Waals surface area contributed by atoms with E-state index in [1.807, 2.05) is 0 Å². The Hall–Kier alpha value is -1.03. The van der Waals surface area contributed by atoms with E-state index in [1.165, 1.54) is 50.2 Å². The Morgan fingerprint density at radius 3 is 2.75 bits per heavy atom. The number of nitrogens with one attached hydrogen (secondary N) is 1. The maximum Gasteiger partial charge on any atom is 0.206 e. The second-order valence-corrected chi connectivity index (χ2v) is 6.31. The van der Waals surface area contributed by atoms with Crippen LogP contribution in [-0.2, 0) is 6.42 Å². The highest BCUT2D eigenvalue weighted by atomic mass is 15.3. The van der Waals surface area contributed by atoms with Crippen molar-refractivity contribution in [2.75, 3.05) is 25.0 Å². The molecule has 1 saturated carbocycles. The fourth-order valence-electron chi connectivity index (χ4n) is 3.68. The number of anilines is 1. The molecule has 112 valence electrons. The lowest BCUT2D eigenvalue weighted by Crippen LogP contribution is -2.45. The van der Waals surface area contributed by atoms with Crippen LogP contribution in [-0.4, -0.2) is 35.7 Å². The number of likely N-dealkylation sites (N-methyl/N-ethyl adjacent to an activating group) is 1. The largest absolute Gasteiger partial charge is 0.341 e. The van der Waals surface area contributed by atoms with Gasteiger partial charge in [0.05, 0.1) is 5.69 Å². The highest BCUT2D eigenvalue weighted by Crippen LogP contribution is 2.34. The molecule has 1 atom stereocenters. The summed E-state index contributed by atoms with van der Waals surface area (Å²) in [5.41, 5.74) is 1.25. The third-order valence-electron chi connectivity index (χ3n) is 4.96. The van der Waals surface area contributed by atoms with Crippen LogP contribution in [0.3, 0.4) is 0 Å². The van der Waals surface area contributed by atoms with Crippen molar-refractivity contribution in [3.8, 4) is 0 Å². The second-order valence-electron chi connectivity index (χ2n) is 6.31. The van der Waals surface area contributed by atoms with Crippen LogP contribution in [0.4, 0.5) is 5.95 Å². The molecule has 1 aliphatic carbocycles. The summed E-state index contributed by atoms with van der Waals surface area (Å²) in [6.07, 6.45) is 11.3. The van der Waals surface area contributed by atoms with Crippen LogP contribution in [0.25, 0.3) is 0 Å². The lowest BCUT2D eigenvalue weighted by atomic mass is 10.1. The van der Waals surface area contributed by atoms with Gasteiger partial charge in [0.15, 0.2) is 0 Å². The summed E-state index contributed by atoms with van der Waals surface area (Å²) in [5.74, 6) is 1.23. The van der Waals surface area contributed by atoms with Crippen molar-refractivity contribution < 1.29 is 0 Å². The Morgan fingerprint density at radius 2 is 2.05 bits per heavy atom. The zero-order valence-electron chi connectivity index (χ0n) is 12.9. The Morgan fingerprint density at radius 1 is 1.25 bits per heavy atom. The van der Waals surface area contributed by atoms with Gasteiger partial charge in [-0.15, -0.1) is 0 Å². The van der Waals surface area contributed by atoms with Gasteiger partial charge in [-0.25, -0.2) is 4.98 Å². The van der Waals surface area contributed by atoms with Crippen LogP contribution < -0.4 is 10.2 Å². The third kappa shape index (κ3) is 2.71. The van der Waals surface area contributed by atoms with Crippen molar-refractivity contribution in [2.24, 2.45) is 0 Å². The molecule has 1 aliphatic heterocycles. The molecule has 0 spiro atoms. The average molecular weight is 276 g/mol. The maximum atomic E-state index is 4.93. The molecule has 1 N–H and O–H groups in total. The molecule has 1 aromatic rings. The van der Waals surface area contributed by atoms with E-state index in [2.05, 4.69) is 35.0 Å². The molecule has 0 bridgehead atoms. The van der Waals surface area contributed by atoms with Crippen molar-refractivity contribution in [3.05, 3.63) is 11.9 Å². The summed E-state index contributed by atoms with van der Waals surface area (Å²) in [6.45, 7) is 4.46. The smallest absolute Gasteiger partial charge is 0.206 e. The van der Waals surface area contributed by atoms with Crippen LogP contribution in [0, 0.1) is 0 Å². The van der Waals surface area contributed by atoms with Gasteiger partial charge >= 0.3 is 0 Å². The first kappa shape index (κ1) is 13.9. The molecule has 1 aromatic heterocycles. The summed E-state index contributed by atoms with van der Waals surface area (Å²) in [5, 5.41) is 3.43. The summed E-state index contributed by atoms with van der Waals surface area (Å²) < 4.78 is 2.49. The van der Waals surface area contributed by atoms with Crippen LogP contribution in [0.2, 0.25) is 0 Å². The van der Waals surface area contributed by atoms with Gasteiger partial charge in [0.2, 0.25) is 5.95 Å². The molecule has 2 aliphatic rings. The molecule has 2 fully saturated rings. The van der Waals surface area contributed by atoms with E-state index in [0.717, 1.165) is 19.5 Å². The first-order chi connectivity index (χ1) is 9.81. The number of imidazole rings is 1. The molecular weight excluding hydrogens is 248 g/mol. The van der Waals surface area contributed by atoms with E-state index in [4.69, 9.17) is 4.98 Å². The molecule has 2 heterocycles. The predicted octanol–water partition coefficient (Wildman–Crippen LogP) is 2.75. The molecule has 0 radical (unpaired) electrons.